The van der Waals surface area contributed by atoms with Crippen molar-refractivity contribution in [3.63, 3.8) is 0 Å². The van der Waals surface area contributed by atoms with E-state index in [1.54, 1.807) is 0 Å². The highest BCUT2D eigenvalue weighted by Gasteiger charge is 2.23. The molecular weight excluding hydrogens is 306 g/mol. The largest absolute Gasteiger partial charge is 0.365 e. The first kappa shape index (κ1) is 14.2. The minimum Gasteiger partial charge on any atom is -0.365 e. The second kappa shape index (κ2) is 5.42. The molecule has 1 aliphatic heterocycles. The molecular formula is C22H17N3. The van der Waals surface area contributed by atoms with Crippen LogP contribution in [0.3, 0.4) is 0 Å². The van der Waals surface area contributed by atoms with Crippen molar-refractivity contribution in [3.8, 4) is 22.4 Å². The fourth-order valence-electron chi connectivity index (χ4n) is 3.64. The first-order chi connectivity index (χ1) is 12.3. The summed E-state index contributed by atoms with van der Waals surface area (Å²) < 4.78 is 0. The lowest BCUT2D eigenvalue weighted by atomic mass is 9.90. The Bertz CT molecular complexity index is 1100. The molecule has 0 amide bonds. The molecule has 1 aliphatic rings. The normalized spacial score (nSPS) is 12.4. The van der Waals surface area contributed by atoms with Crippen LogP contribution in [0.15, 0.2) is 66.7 Å². The Morgan fingerprint density at radius 2 is 1.64 bits per heavy atom. The smallest absolute Gasteiger partial charge is 0.136 e. The minimum absolute atomic E-state index is 0.737. The number of fused-ring (bicyclic) bond motifs is 4. The molecule has 4 aromatic rings. The Morgan fingerprint density at radius 1 is 0.840 bits per heavy atom. The molecule has 3 heteroatoms. The van der Waals surface area contributed by atoms with Crippen molar-refractivity contribution in [1.29, 1.82) is 0 Å². The van der Waals surface area contributed by atoms with Gasteiger partial charge in [-0.05, 0) is 36.2 Å². The van der Waals surface area contributed by atoms with Crippen molar-refractivity contribution in [1.82, 2.24) is 9.97 Å². The van der Waals surface area contributed by atoms with Crippen molar-refractivity contribution in [2.45, 2.75) is 13.5 Å². The van der Waals surface area contributed by atoms with E-state index in [9.17, 15) is 0 Å². The van der Waals surface area contributed by atoms with Crippen LogP contribution < -0.4 is 5.32 Å². The molecule has 0 atom stereocenters. The number of para-hydroxylation sites is 1. The molecule has 0 saturated carbocycles. The van der Waals surface area contributed by atoms with Crippen LogP contribution >= 0.6 is 0 Å². The second-order valence-electron chi connectivity index (χ2n) is 6.40. The van der Waals surface area contributed by atoms with Crippen LogP contribution in [-0.2, 0) is 6.54 Å². The fourth-order valence-corrected chi connectivity index (χ4v) is 3.64. The average molecular weight is 323 g/mol. The van der Waals surface area contributed by atoms with E-state index in [4.69, 9.17) is 4.98 Å². The van der Waals surface area contributed by atoms with Gasteiger partial charge in [0.05, 0.1) is 11.2 Å². The molecule has 5 rings (SSSR count). The number of nitrogens with one attached hydrogen (secondary N) is 1. The monoisotopic (exact) mass is 323 g/mol. The number of benzene rings is 2. The van der Waals surface area contributed by atoms with Crippen molar-refractivity contribution in [3.05, 3.63) is 78.0 Å². The number of rotatable bonds is 1. The maximum Gasteiger partial charge on any atom is 0.136 e. The van der Waals surface area contributed by atoms with Crippen molar-refractivity contribution >= 4 is 16.7 Å². The molecule has 1 N–H and O–H groups in total. The average Bonchev–Trinajstić information content (AvgIpc) is 2.66. The second-order valence-corrected chi connectivity index (χ2v) is 6.40. The molecule has 3 nitrogen and oxygen atoms in total. The summed E-state index contributed by atoms with van der Waals surface area (Å²) in [6, 6.07) is 23.1. The third-order valence-corrected chi connectivity index (χ3v) is 4.78. The Labute approximate surface area is 146 Å². The summed E-state index contributed by atoms with van der Waals surface area (Å²) in [6.07, 6.45) is 0. The molecule has 0 radical (unpaired) electrons. The zero-order valence-electron chi connectivity index (χ0n) is 14.0. The van der Waals surface area contributed by atoms with E-state index in [-0.39, 0.29) is 0 Å². The SMILES string of the molecule is Cc1ccc2c(n1)NCc1c-2nc2ccccc2c1-c1ccccc1. The summed E-state index contributed by atoms with van der Waals surface area (Å²) in [5, 5.41) is 4.68. The maximum atomic E-state index is 4.99. The lowest BCUT2D eigenvalue weighted by Gasteiger charge is -2.24. The van der Waals surface area contributed by atoms with Crippen LogP contribution in [0.1, 0.15) is 11.3 Å². The standard InChI is InChI=1S/C22H17N3/c1-14-11-12-17-21-18(13-23-22(17)24-14)20(15-7-3-2-4-8-15)16-9-5-6-10-19(16)25-21/h2-12H,13H2,1H3,(H,23,24). The lowest BCUT2D eigenvalue weighted by molar-refractivity contribution is 1.05. The van der Waals surface area contributed by atoms with E-state index < -0.39 is 0 Å². The van der Waals surface area contributed by atoms with Gasteiger partial charge >= 0.3 is 0 Å². The summed E-state index contributed by atoms with van der Waals surface area (Å²) >= 11 is 0. The summed E-state index contributed by atoms with van der Waals surface area (Å²) in [6.45, 7) is 2.75. The van der Waals surface area contributed by atoms with Gasteiger partial charge in [0.1, 0.15) is 5.82 Å². The molecule has 0 saturated heterocycles. The van der Waals surface area contributed by atoms with E-state index in [2.05, 4.69) is 71.0 Å². The van der Waals surface area contributed by atoms with E-state index in [1.807, 2.05) is 13.0 Å². The first-order valence-corrected chi connectivity index (χ1v) is 8.50. The number of aromatic nitrogens is 2. The third kappa shape index (κ3) is 2.20. The minimum atomic E-state index is 0.737. The number of hydrogen-bond donors (Lipinski definition) is 1. The molecule has 0 spiro atoms. The van der Waals surface area contributed by atoms with E-state index in [0.717, 1.165) is 34.8 Å². The number of hydrogen-bond acceptors (Lipinski definition) is 3. The van der Waals surface area contributed by atoms with Crippen LogP contribution in [0.2, 0.25) is 0 Å². The molecule has 2 aromatic heterocycles. The molecule has 0 fully saturated rings. The Kier molecular flexibility index (Phi) is 3.07. The predicted octanol–water partition coefficient (Wildman–Crippen LogP) is 5.20. The Hall–Kier alpha value is -3.20. The first-order valence-electron chi connectivity index (χ1n) is 8.50. The number of anilines is 1. The Balaban J connectivity index is 1.90. The summed E-state index contributed by atoms with van der Waals surface area (Å²) in [5.41, 5.74) is 7.88. The quantitative estimate of drug-likeness (QED) is 0.523. The van der Waals surface area contributed by atoms with Crippen LogP contribution in [0.4, 0.5) is 5.82 Å². The highest BCUT2D eigenvalue weighted by Crippen LogP contribution is 2.41. The summed E-state index contributed by atoms with van der Waals surface area (Å²) in [7, 11) is 0. The van der Waals surface area contributed by atoms with E-state index >= 15 is 0 Å². The highest BCUT2D eigenvalue weighted by atomic mass is 15.0. The van der Waals surface area contributed by atoms with Crippen LogP contribution in [0.5, 0.6) is 0 Å². The van der Waals surface area contributed by atoms with Crippen LogP contribution in [0.25, 0.3) is 33.3 Å². The van der Waals surface area contributed by atoms with Gasteiger partial charge in [-0.25, -0.2) is 9.97 Å². The molecule has 25 heavy (non-hydrogen) atoms. The van der Waals surface area contributed by atoms with Gasteiger partial charge in [0.25, 0.3) is 0 Å². The van der Waals surface area contributed by atoms with Crippen LogP contribution in [0, 0.1) is 6.92 Å². The Morgan fingerprint density at radius 3 is 2.52 bits per heavy atom. The summed E-state index contributed by atoms with van der Waals surface area (Å²) in [4.78, 5) is 9.64. The molecule has 3 heterocycles. The zero-order valence-corrected chi connectivity index (χ0v) is 14.0. The summed E-state index contributed by atoms with van der Waals surface area (Å²) in [5.74, 6) is 0.925. The number of pyridine rings is 2. The lowest BCUT2D eigenvalue weighted by Crippen LogP contribution is -2.13. The fraction of sp³-hybridized carbons (Fsp3) is 0.0909. The van der Waals surface area contributed by atoms with Gasteiger partial charge < -0.3 is 5.32 Å². The topological polar surface area (TPSA) is 37.8 Å². The van der Waals surface area contributed by atoms with Gasteiger partial charge in [-0.3, -0.25) is 0 Å². The molecule has 0 aliphatic carbocycles. The molecule has 0 bridgehead atoms. The van der Waals surface area contributed by atoms with Gasteiger partial charge in [-0.15, -0.1) is 0 Å². The zero-order chi connectivity index (χ0) is 16.8. The van der Waals surface area contributed by atoms with E-state index in [0.29, 0.717) is 0 Å². The maximum absolute atomic E-state index is 4.99. The van der Waals surface area contributed by atoms with Crippen molar-refractivity contribution in [2.24, 2.45) is 0 Å². The van der Waals surface area contributed by atoms with Gasteiger partial charge in [0.15, 0.2) is 0 Å². The molecule has 2 aromatic carbocycles. The van der Waals surface area contributed by atoms with Crippen molar-refractivity contribution < 1.29 is 0 Å². The van der Waals surface area contributed by atoms with Gasteiger partial charge in [-0.2, -0.15) is 0 Å². The number of nitrogens with zero attached hydrogens (tertiary/aromatic N) is 2. The van der Waals surface area contributed by atoms with Crippen LogP contribution in [-0.4, -0.2) is 9.97 Å². The highest BCUT2D eigenvalue weighted by molar-refractivity contribution is 6.00. The van der Waals surface area contributed by atoms with Gasteiger partial charge in [0, 0.05) is 28.8 Å². The number of aryl methyl sites for hydroxylation is 1. The van der Waals surface area contributed by atoms with Crippen molar-refractivity contribution in [2.75, 3.05) is 5.32 Å². The predicted molar refractivity (Wildman–Crippen MR) is 102 cm³/mol. The molecule has 0 unspecified atom stereocenters. The van der Waals surface area contributed by atoms with E-state index in [1.165, 1.54) is 22.1 Å². The van der Waals surface area contributed by atoms with Gasteiger partial charge in [0.2, 0.25) is 0 Å². The third-order valence-electron chi connectivity index (χ3n) is 4.78. The molecule has 120 valence electrons. The van der Waals surface area contributed by atoms with Gasteiger partial charge in [-0.1, -0.05) is 48.5 Å².